The number of nitrogens with two attached hydrogens (primary N) is 2. The van der Waals surface area contributed by atoms with E-state index in [-0.39, 0.29) is 14.0 Å². The van der Waals surface area contributed by atoms with Crippen LogP contribution < -0.4 is 22.1 Å². The van der Waals surface area contributed by atoms with Crippen molar-refractivity contribution in [2.45, 2.75) is 84.8 Å². The van der Waals surface area contributed by atoms with Crippen molar-refractivity contribution in [3.63, 3.8) is 0 Å². The van der Waals surface area contributed by atoms with Crippen LogP contribution in [0.4, 0.5) is 0 Å². The standard InChI is InChI=1S/C23H44N4O.CH4/c24-11-6-2-1-3-7-14-27-19-22-16-21(17-23(18-22)20-28)10-5-4-8-13-26-15-9-12-25;/h16-18,26-28H,1-15,19-20,24-25H2;1H4. The van der Waals surface area contributed by atoms with E-state index in [1.807, 2.05) is 0 Å². The second kappa shape index (κ2) is 20.3. The van der Waals surface area contributed by atoms with Crippen LogP contribution in [0.5, 0.6) is 0 Å². The smallest absolute Gasteiger partial charge is 0.0682 e. The minimum atomic E-state index is 0. The maximum absolute atomic E-state index is 9.56. The first kappa shape index (κ1) is 28.0. The quantitative estimate of drug-likeness (QED) is 0.226. The van der Waals surface area contributed by atoms with Crippen LogP contribution in [-0.4, -0.2) is 37.8 Å². The van der Waals surface area contributed by atoms with Crippen LogP contribution in [0.3, 0.4) is 0 Å². The zero-order valence-corrected chi connectivity index (χ0v) is 17.9. The lowest BCUT2D eigenvalue weighted by Crippen LogP contribution is -2.19. The molecule has 5 heteroatoms. The van der Waals surface area contributed by atoms with E-state index in [1.54, 1.807) is 0 Å². The summed E-state index contributed by atoms with van der Waals surface area (Å²) >= 11 is 0. The predicted molar refractivity (Wildman–Crippen MR) is 127 cm³/mol. The van der Waals surface area contributed by atoms with Crippen LogP contribution >= 0.6 is 0 Å². The topological polar surface area (TPSA) is 96.3 Å². The molecule has 170 valence electrons. The molecule has 0 aliphatic heterocycles. The lowest BCUT2D eigenvalue weighted by atomic mass is 10.0. The SMILES string of the molecule is C.NCCCCCCCNCc1cc(CO)cc(CCCCCNCCCN)c1. The van der Waals surface area contributed by atoms with Crippen molar-refractivity contribution in [3.8, 4) is 0 Å². The van der Waals surface area contributed by atoms with Gasteiger partial charge in [0.25, 0.3) is 0 Å². The lowest BCUT2D eigenvalue weighted by molar-refractivity contribution is 0.281. The number of rotatable bonds is 19. The summed E-state index contributed by atoms with van der Waals surface area (Å²) in [6.07, 6.45) is 12.0. The number of nitrogens with one attached hydrogen (secondary N) is 2. The summed E-state index contributed by atoms with van der Waals surface area (Å²) in [6.45, 7) is 5.74. The van der Waals surface area contributed by atoms with Gasteiger partial charge >= 0.3 is 0 Å². The summed E-state index contributed by atoms with van der Waals surface area (Å²) < 4.78 is 0. The van der Waals surface area contributed by atoms with Crippen LogP contribution in [0.1, 0.15) is 81.9 Å². The van der Waals surface area contributed by atoms with Crippen LogP contribution in [-0.2, 0) is 19.6 Å². The molecular weight excluding hydrogens is 360 g/mol. The summed E-state index contributed by atoms with van der Waals surface area (Å²) in [5.41, 5.74) is 14.7. The van der Waals surface area contributed by atoms with Crippen molar-refractivity contribution < 1.29 is 5.11 Å². The number of aliphatic hydroxyl groups excluding tert-OH is 1. The molecule has 7 N–H and O–H groups in total. The number of hydrogen-bond acceptors (Lipinski definition) is 5. The zero-order valence-electron chi connectivity index (χ0n) is 17.9. The van der Waals surface area contributed by atoms with Crippen LogP contribution in [0.15, 0.2) is 18.2 Å². The highest BCUT2D eigenvalue weighted by molar-refractivity contribution is 5.30. The maximum Gasteiger partial charge on any atom is 0.0682 e. The number of benzene rings is 1. The summed E-state index contributed by atoms with van der Waals surface area (Å²) in [7, 11) is 0. The Morgan fingerprint density at radius 2 is 1.17 bits per heavy atom. The molecule has 0 aliphatic rings. The monoisotopic (exact) mass is 408 g/mol. The highest BCUT2D eigenvalue weighted by atomic mass is 16.3. The molecule has 0 amide bonds. The zero-order chi connectivity index (χ0) is 20.3. The Kier molecular flexibility index (Phi) is 19.6. The lowest BCUT2D eigenvalue weighted by Gasteiger charge is -2.10. The molecule has 0 saturated heterocycles. The Hall–Kier alpha value is -0.980. The molecule has 0 radical (unpaired) electrons. The summed E-state index contributed by atoms with van der Waals surface area (Å²) in [6, 6.07) is 6.58. The van der Waals surface area contributed by atoms with Gasteiger partial charge in [-0.3, -0.25) is 0 Å². The molecule has 0 spiro atoms. The van der Waals surface area contributed by atoms with Gasteiger partial charge in [-0.25, -0.2) is 0 Å². The van der Waals surface area contributed by atoms with Crippen molar-refractivity contribution in [1.29, 1.82) is 0 Å². The van der Waals surface area contributed by atoms with Gasteiger partial charge in [0, 0.05) is 6.54 Å². The first-order chi connectivity index (χ1) is 13.8. The van der Waals surface area contributed by atoms with Crippen LogP contribution in [0, 0.1) is 0 Å². The van der Waals surface area contributed by atoms with Gasteiger partial charge in [0.2, 0.25) is 0 Å². The Balaban J connectivity index is 0.00000784. The molecule has 0 atom stereocenters. The van der Waals surface area contributed by atoms with Crippen LogP contribution in [0.25, 0.3) is 0 Å². The normalized spacial score (nSPS) is 10.9. The second-order valence-corrected chi connectivity index (χ2v) is 7.75. The van der Waals surface area contributed by atoms with Gasteiger partial charge in [0.05, 0.1) is 6.61 Å². The molecule has 29 heavy (non-hydrogen) atoms. The third-order valence-electron chi connectivity index (χ3n) is 5.06. The highest BCUT2D eigenvalue weighted by Crippen LogP contribution is 2.14. The minimum absolute atomic E-state index is 0. The fourth-order valence-electron chi connectivity index (χ4n) is 3.44. The number of aryl methyl sites for hydroxylation is 1. The van der Waals surface area contributed by atoms with Crippen molar-refractivity contribution in [1.82, 2.24) is 10.6 Å². The average molecular weight is 409 g/mol. The Bertz CT molecular complexity index is 444. The van der Waals surface area contributed by atoms with E-state index in [2.05, 4.69) is 28.8 Å². The molecule has 5 nitrogen and oxygen atoms in total. The number of hydrogen-bond donors (Lipinski definition) is 5. The van der Waals surface area contributed by atoms with Crippen molar-refractivity contribution in [2.75, 3.05) is 32.7 Å². The van der Waals surface area contributed by atoms with Gasteiger partial charge in [-0.2, -0.15) is 0 Å². The third kappa shape index (κ3) is 15.5. The Labute approximate surface area is 180 Å². The predicted octanol–water partition coefficient (Wildman–Crippen LogP) is 3.47. The molecule has 0 saturated carbocycles. The van der Waals surface area contributed by atoms with Gasteiger partial charge in [0.1, 0.15) is 0 Å². The second-order valence-electron chi connectivity index (χ2n) is 7.75. The van der Waals surface area contributed by atoms with E-state index < -0.39 is 0 Å². The maximum atomic E-state index is 9.56. The van der Waals surface area contributed by atoms with E-state index in [0.717, 1.165) is 64.1 Å². The summed E-state index contributed by atoms with van der Waals surface area (Å²) in [4.78, 5) is 0. The van der Waals surface area contributed by atoms with Gasteiger partial charge in [-0.05, 0) is 87.9 Å². The number of aliphatic hydroxyl groups is 1. The summed E-state index contributed by atoms with van der Waals surface area (Å²) in [5.74, 6) is 0. The molecule has 1 rings (SSSR count). The molecule has 0 unspecified atom stereocenters. The molecule has 0 bridgehead atoms. The number of unbranched alkanes of at least 4 members (excludes halogenated alkanes) is 6. The summed E-state index contributed by atoms with van der Waals surface area (Å²) in [5, 5.41) is 16.5. The van der Waals surface area contributed by atoms with Crippen molar-refractivity contribution in [2.24, 2.45) is 11.5 Å². The average Bonchev–Trinajstić information content (AvgIpc) is 2.71. The minimum Gasteiger partial charge on any atom is -0.392 e. The van der Waals surface area contributed by atoms with Crippen molar-refractivity contribution >= 4 is 0 Å². The van der Waals surface area contributed by atoms with E-state index in [0.29, 0.717) is 0 Å². The first-order valence-electron chi connectivity index (χ1n) is 11.3. The molecule has 0 aliphatic carbocycles. The van der Waals surface area contributed by atoms with Crippen molar-refractivity contribution in [3.05, 3.63) is 34.9 Å². The van der Waals surface area contributed by atoms with Gasteiger partial charge in [0.15, 0.2) is 0 Å². The van der Waals surface area contributed by atoms with Gasteiger partial charge < -0.3 is 27.2 Å². The molecule has 0 fully saturated rings. The largest absolute Gasteiger partial charge is 0.392 e. The Morgan fingerprint density at radius 1 is 0.621 bits per heavy atom. The van der Waals surface area contributed by atoms with Gasteiger partial charge in [-0.1, -0.05) is 51.3 Å². The van der Waals surface area contributed by atoms with E-state index >= 15 is 0 Å². The van der Waals surface area contributed by atoms with E-state index in [9.17, 15) is 5.11 Å². The fourth-order valence-corrected chi connectivity index (χ4v) is 3.44. The van der Waals surface area contributed by atoms with Crippen LogP contribution in [0.2, 0.25) is 0 Å². The molecule has 1 aromatic rings. The molecule has 0 heterocycles. The van der Waals surface area contributed by atoms with Gasteiger partial charge in [-0.15, -0.1) is 0 Å². The fraction of sp³-hybridized carbons (Fsp3) is 0.750. The Morgan fingerprint density at radius 3 is 1.90 bits per heavy atom. The third-order valence-corrected chi connectivity index (χ3v) is 5.06. The first-order valence-corrected chi connectivity index (χ1v) is 11.3. The highest BCUT2D eigenvalue weighted by Gasteiger charge is 2.02. The van der Waals surface area contributed by atoms with E-state index in [1.165, 1.54) is 56.1 Å². The molecular formula is C24H48N4O. The molecule has 1 aromatic carbocycles. The van der Waals surface area contributed by atoms with E-state index in [4.69, 9.17) is 11.5 Å². The molecule has 0 aromatic heterocycles.